The van der Waals surface area contributed by atoms with E-state index in [1.165, 1.54) is 0 Å². The van der Waals surface area contributed by atoms with Crippen LogP contribution in [0.25, 0.3) is 6.08 Å². The van der Waals surface area contributed by atoms with E-state index in [0.29, 0.717) is 18.6 Å². The fourth-order valence-corrected chi connectivity index (χ4v) is 4.16. The third kappa shape index (κ3) is 7.35. The minimum absolute atomic E-state index is 0.0859. The van der Waals surface area contributed by atoms with Gasteiger partial charge in [0.05, 0.1) is 23.4 Å². The summed E-state index contributed by atoms with van der Waals surface area (Å²) in [5, 5.41) is 3.22. The fourth-order valence-electron chi connectivity index (χ4n) is 2.24. The molecule has 0 aliphatic heterocycles. The van der Waals surface area contributed by atoms with Crippen LogP contribution < -0.4 is 0 Å². The fraction of sp³-hybridized carbons (Fsp3) is 0.619. The highest BCUT2D eigenvalue weighted by Crippen LogP contribution is 2.38. The van der Waals surface area contributed by atoms with Crippen molar-refractivity contribution in [1.82, 2.24) is 4.98 Å². The summed E-state index contributed by atoms with van der Waals surface area (Å²) in [7, 11) is -1.96. The van der Waals surface area contributed by atoms with Gasteiger partial charge in [0.1, 0.15) is 0 Å². The van der Waals surface area contributed by atoms with Crippen molar-refractivity contribution >= 4 is 31.7 Å². The Bertz CT molecular complexity index is 699. The number of aromatic nitrogens is 1. The molecular weight excluding hydrogens is 374 g/mol. The maximum absolute atomic E-state index is 11.9. The van der Waals surface area contributed by atoms with Crippen molar-refractivity contribution < 1.29 is 14.0 Å². The Kier molecular flexibility index (Phi) is 8.64. The molecule has 0 radical (unpaired) electrons. The molecule has 27 heavy (non-hydrogen) atoms. The summed E-state index contributed by atoms with van der Waals surface area (Å²) in [6, 6.07) is 0. The van der Waals surface area contributed by atoms with Gasteiger partial charge in [0, 0.05) is 11.0 Å². The average Bonchev–Trinajstić information content (AvgIpc) is 2.94. The molecule has 4 nitrogen and oxygen atoms in total. The van der Waals surface area contributed by atoms with Crippen LogP contribution in [0.3, 0.4) is 0 Å². The molecule has 1 aromatic rings. The molecule has 0 fully saturated rings. The first-order chi connectivity index (χ1) is 12.4. The quantitative estimate of drug-likeness (QED) is 0.294. The Morgan fingerprint density at radius 3 is 2.44 bits per heavy atom. The van der Waals surface area contributed by atoms with Crippen LogP contribution >= 0.6 is 11.3 Å². The van der Waals surface area contributed by atoms with E-state index >= 15 is 0 Å². The number of ether oxygens (including phenoxy) is 1. The first-order valence-electron chi connectivity index (χ1n) is 9.49. The van der Waals surface area contributed by atoms with E-state index in [1.54, 1.807) is 18.3 Å². The maximum atomic E-state index is 11.9. The molecule has 0 saturated heterocycles. The third-order valence-corrected chi connectivity index (χ3v) is 10.3. The molecule has 1 aromatic heterocycles. The highest BCUT2D eigenvalue weighted by molar-refractivity contribution is 7.09. The van der Waals surface area contributed by atoms with Gasteiger partial charge in [-0.2, -0.15) is 0 Å². The maximum Gasteiger partial charge on any atom is 0.333 e. The van der Waals surface area contributed by atoms with Crippen LogP contribution in [0.1, 0.15) is 58.7 Å². The predicted octanol–water partition coefficient (Wildman–Crippen LogP) is 6.14. The molecule has 0 saturated carbocycles. The lowest BCUT2D eigenvalue weighted by atomic mass is 10.1. The van der Waals surface area contributed by atoms with Gasteiger partial charge in [-0.15, -0.1) is 11.3 Å². The summed E-state index contributed by atoms with van der Waals surface area (Å²) in [4.78, 5) is 16.5. The normalized spacial score (nSPS) is 15.0. The van der Waals surface area contributed by atoms with E-state index in [-0.39, 0.29) is 17.1 Å². The molecule has 1 rings (SSSR count). The number of nitrogens with zero attached hydrogens (tertiary/aromatic N) is 1. The van der Waals surface area contributed by atoms with Crippen LogP contribution in [0, 0.1) is 6.92 Å². The molecule has 1 heterocycles. The van der Waals surface area contributed by atoms with Crippen molar-refractivity contribution in [2.24, 2.45) is 0 Å². The van der Waals surface area contributed by atoms with Gasteiger partial charge in [-0.25, -0.2) is 9.78 Å². The number of esters is 1. The lowest BCUT2D eigenvalue weighted by Crippen LogP contribution is -2.44. The van der Waals surface area contributed by atoms with E-state index < -0.39 is 8.32 Å². The Morgan fingerprint density at radius 1 is 1.33 bits per heavy atom. The number of thiazole rings is 1. The molecule has 0 bridgehead atoms. The average molecular weight is 410 g/mol. The van der Waals surface area contributed by atoms with Crippen molar-refractivity contribution in [1.29, 1.82) is 0 Å². The van der Waals surface area contributed by atoms with Gasteiger partial charge in [0.25, 0.3) is 0 Å². The van der Waals surface area contributed by atoms with Gasteiger partial charge in [0.2, 0.25) is 0 Å². The zero-order valence-electron chi connectivity index (χ0n) is 18.3. The van der Waals surface area contributed by atoms with Crippen LogP contribution in [-0.2, 0) is 14.0 Å². The van der Waals surface area contributed by atoms with Gasteiger partial charge in [-0.05, 0) is 63.9 Å². The molecule has 0 aliphatic rings. The van der Waals surface area contributed by atoms with Crippen LogP contribution in [-0.4, -0.2) is 32.0 Å². The smallest absolute Gasteiger partial charge is 0.333 e. The van der Waals surface area contributed by atoms with Gasteiger partial charge in [0.15, 0.2) is 8.32 Å². The lowest BCUT2D eigenvalue weighted by molar-refractivity contribution is -0.138. The number of aryl methyl sites for hydroxylation is 1. The summed E-state index contributed by atoms with van der Waals surface area (Å²) < 4.78 is 11.8. The second-order valence-corrected chi connectivity index (χ2v) is 14.2. The number of carbonyl (C=O) groups excluding carboxylic acids is 1. The summed E-state index contributed by atoms with van der Waals surface area (Å²) >= 11 is 1.64. The zero-order chi connectivity index (χ0) is 20.8. The van der Waals surface area contributed by atoms with E-state index in [9.17, 15) is 4.79 Å². The molecule has 152 valence electrons. The summed E-state index contributed by atoms with van der Waals surface area (Å²) in [6.07, 6.45) is 4.58. The van der Waals surface area contributed by atoms with Crippen molar-refractivity contribution in [3.63, 3.8) is 0 Å². The minimum atomic E-state index is -1.96. The van der Waals surface area contributed by atoms with E-state index in [1.807, 2.05) is 19.9 Å². The van der Waals surface area contributed by atoms with Crippen LogP contribution in [0.2, 0.25) is 18.1 Å². The number of rotatable bonds is 8. The van der Waals surface area contributed by atoms with Crippen LogP contribution in [0.15, 0.2) is 22.6 Å². The number of hydrogen-bond donors (Lipinski definition) is 0. The van der Waals surface area contributed by atoms with Crippen molar-refractivity contribution in [3.8, 4) is 0 Å². The van der Waals surface area contributed by atoms with E-state index in [2.05, 4.69) is 57.2 Å². The second-order valence-electron chi connectivity index (χ2n) is 8.39. The van der Waals surface area contributed by atoms with Crippen LogP contribution in [0.5, 0.6) is 0 Å². The van der Waals surface area contributed by atoms with Gasteiger partial charge in [-0.3, -0.25) is 0 Å². The van der Waals surface area contributed by atoms with Gasteiger partial charge < -0.3 is 9.16 Å². The molecule has 1 unspecified atom stereocenters. The topological polar surface area (TPSA) is 48.4 Å². The van der Waals surface area contributed by atoms with E-state index in [0.717, 1.165) is 16.3 Å². The second kappa shape index (κ2) is 9.80. The first-order valence-corrected chi connectivity index (χ1v) is 13.3. The molecule has 1 atom stereocenters. The molecular formula is C21H35NO3SSi. The third-order valence-electron chi connectivity index (χ3n) is 5.00. The number of carbonyl (C=O) groups is 1. The Hall–Kier alpha value is -1.24. The van der Waals surface area contributed by atoms with E-state index in [4.69, 9.17) is 9.16 Å². The molecule has 0 spiro atoms. The molecule has 0 amide bonds. The standard InChI is InChI=1S/C21H35NO3SSi/c1-10-24-20(23)15(2)11-12-19(25-27(8,9)21(5,6)7)16(3)13-18-14-26-17(4)22-18/h11,13-14,19H,10,12H2,1-9H3/b15-11+,16-13+. The van der Waals surface area contributed by atoms with Gasteiger partial charge >= 0.3 is 5.97 Å². The molecule has 0 N–H and O–H groups in total. The summed E-state index contributed by atoms with van der Waals surface area (Å²) in [5.41, 5.74) is 2.71. The predicted molar refractivity (Wildman–Crippen MR) is 118 cm³/mol. The van der Waals surface area contributed by atoms with Crippen molar-refractivity contribution in [2.45, 2.75) is 79.1 Å². The minimum Gasteiger partial charge on any atom is -0.463 e. The molecule has 6 heteroatoms. The van der Waals surface area contributed by atoms with Crippen molar-refractivity contribution in [2.75, 3.05) is 6.61 Å². The molecule has 0 aliphatic carbocycles. The lowest BCUT2D eigenvalue weighted by Gasteiger charge is -2.39. The zero-order valence-corrected chi connectivity index (χ0v) is 20.1. The van der Waals surface area contributed by atoms with Crippen molar-refractivity contribution in [3.05, 3.63) is 33.3 Å². The summed E-state index contributed by atoms with van der Waals surface area (Å²) in [6.45, 7) is 19.3. The molecule has 0 aromatic carbocycles. The van der Waals surface area contributed by atoms with Gasteiger partial charge in [-0.1, -0.05) is 26.8 Å². The SMILES string of the molecule is CCOC(=O)/C(C)=C/CC(O[Si](C)(C)C(C)(C)C)/C(C)=C/c1csc(C)n1. The Balaban J connectivity index is 3.10. The highest BCUT2D eigenvalue weighted by atomic mass is 32.1. The Labute approximate surface area is 169 Å². The summed E-state index contributed by atoms with van der Waals surface area (Å²) in [5.74, 6) is -0.264. The first kappa shape index (κ1) is 23.8. The monoisotopic (exact) mass is 409 g/mol. The largest absolute Gasteiger partial charge is 0.463 e. The Morgan fingerprint density at radius 2 is 1.96 bits per heavy atom. The van der Waals surface area contributed by atoms with Crippen LogP contribution in [0.4, 0.5) is 0 Å². The highest BCUT2D eigenvalue weighted by Gasteiger charge is 2.39. The number of hydrogen-bond acceptors (Lipinski definition) is 5.